The van der Waals surface area contributed by atoms with Gasteiger partial charge in [-0.05, 0) is 120 Å². The smallest absolute Gasteiger partial charge is 0.159 e. The van der Waals surface area contributed by atoms with E-state index in [0.29, 0.717) is 74.0 Å². The minimum atomic E-state index is -0.0346. The number of hydrogen-bond donors (Lipinski definition) is 3. The van der Waals surface area contributed by atoms with Gasteiger partial charge in [-0.15, -0.1) is 106 Å². The molecule has 12 heteroatoms. The minimum Gasteiger partial charge on any atom is -0.512 e. The average Bonchev–Trinajstić information content (AvgIpc) is 1.59. The molecule has 9 nitrogen and oxygen atoms in total. The maximum absolute atomic E-state index is 11.2. The van der Waals surface area contributed by atoms with Gasteiger partial charge in [0.1, 0.15) is 0 Å². The van der Waals surface area contributed by atoms with Gasteiger partial charge in [0.05, 0.1) is 17.3 Å². The van der Waals surface area contributed by atoms with Crippen molar-refractivity contribution in [3.63, 3.8) is 0 Å². The number of allylic oxidation sites excluding steroid dienone is 6. The molecule has 0 fully saturated rings. The standard InChI is InChI=1S/3C21H18N.3C11H20O2.3Ir/c1-14-7-6-8-15(11-14)20-12-19-17(13-22-20)16-9-4-5-10-18(16)21(19,2)3;1-14-7-6-8-15(11-14)20-12-17-16-9-4-5-10-18(16)21(2,3)19(17)13-22-20;1-14-7-6-8-15(13-14)20-19-17(11-12-22-20)16-9-4-5-10-18(16)21(19,2)3;3*1-8(2)5-10(12)7-11(13)6-9(3)4;;;/h3*4-7,9-13H,1-3H3;3*7-9,12H,5-6H2,1-4H3;;;/q3*-1;;;;;;. The van der Waals surface area contributed by atoms with Crippen molar-refractivity contribution in [2.75, 3.05) is 0 Å². The van der Waals surface area contributed by atoms with Crippen LogP contribution in [-0.2, 0) is 90.9 Å². The Hall–Kier alpha value is -7.65. The summed E-state index contributed by atoms with van der Waals surface area (Å²) in [5.74, 6) is 2.94. The number of nitrogens with zero attached hydrogens (tertiary/aromatic N) is 3. The summed E-state index contributed by atoms with van der Waals surface area (Å²) < 4.78 is 0. The fourth-order valence-electron chi connectivity index (χ4n) is 13.9. The van der Waals surface area contributed by atoms with Crippen molar-refractivity contribution in [2.24, 2.45) is 35.5 Å². The number of fused-ring (bicyclic) bond motifs is 9. The van der Waals surface area contributed by atoms with E-state index in [2.05, 4.69) is 208 Å². The van der Waals surface area contributed by atoms with Gasteiger partial charge in [0.15, 0.2) is 17.3 Å². The van der Waals surface area contributed by atoms with Crippen molar-refractivity contribution in [3.05, 3.63) is 268 Å². The van der Waals surface area contributed by atoms with Gasteiger partial charge in [-0.2, -0.15) is 0 Å². The summed E-state index contributed by atoms with van der Waals surface area (Å²) in [6.45, 7) is 44.0. The number of pyridine rings is 3. The van der Waals surface area contributed by atoms with Gasteiger partial charge in [-0.25, -0.2) is 0 Å². The van der Waals surface area contributed by atoms with E-state index in [0.717, 1.165) is 33.8 Å². The van der Waals surface area contributed by atoms with Crippen molar-refractivity contribution in [2.45, 2.75) is 200 Å². The van der Waals surface area contributed by atoms with Gasteiger partial charge in [0.2, 0.25) is 0 Å². The van der Waals surface area contributed by atoms with Crippen LogP contribution in [0.3, 0.4) is 0 Å². The van der Waals surface area contributed by atoms with Gasteiger partial charge in [-0.1, -0.05) is 230 Å². The largest absolute Gasteiger partial charge is 0.512 e. The first kappa shape index (κ1) is 92.7. The van der Waals surface area contributed by atoms with Crippen LogP contribution in [0.2, 0.25) is 0 Å². The third-order valence-corrected chi connectivity index (χ3v) is 18.7. The van der Waals surface area contributed by atoms with E-state index >= 15 is 0 Å². The summed E-state index contributed by atoms with van der Waals surface area (Å²) >= 11 is 0. The SMILES string of the molecule is CC(C)CC(=O)C=C(O)CC(C)C.CC(C)CC(=O)C=C(O)CC(C)C.CC(C)CC(=O)C=C(O)CC(C)C.Cc1cc[c-]c(-c2cc3c(cn2)-c2ccccc2C3(C)C)c1.Cc1cc[c-]c(-c2cc3c(cn2)C(C)(C)c2ccccc2-3)c1.Cc1cc[c-]c(-c2nccc3c2C(C)(C)c2ccccc2-3)c1.[Ir].[Ir].[Ir]. The van der Waals surface area contributed by atoms with Crippen molar-refractivity contribution in [1.82, 2.24) is 15.0 Å². The van der Waals surface area contributed by atoms with Crippen LogP contribution in [0, 0.1) is 74.5 Å². The third-order valence-electron chi connectivity index (χ3n) is 18.7. The van der Waals surface area contributed by atoms with E-state index in [-0.39, 0.29) is 111 Å². The quantitative estimate of drug-likeness (QED) is 0.0433. The maximum atomic E-state index is 11.2. The van der Waals surface area contributed by atoms with Crippen molar-refractivity contribution >= 4 is 17.3 Å². The molecular formula is C96H114Ir3N3O6-3. The van der Waals surface area contributed by atoms with Crippen LogP contribution in [-0.4, -0.2) is 47.6 Å². The second-order valence-electron chi connectivity index (χ2n) is 32.6. The number of hydrogen-bond acceptors (Lipinski definition) is 9. The molecule has 3 aliphatic rings. The van der Waals surface area contributed by atoms with E-state index in [9.17, 15) is 29.7 Å². The summed E-state index contributed by atoms with van der Waals surface area (Å²) in [4.78, 5) is 47.7. The van der Waals surface area contributed by atoms with Crippen LogP contribution >= 0.6 is 0 Å². The Bertz CT molecular complexity index is 4470. The van der Waals surface area contributed by atoms with E-state index in [1.165, 1.54) is 102 Å². The number of aliphatic hydroxyl groups is 3. The molecule has 0 unspecified atom stereocenters. The molecule has 0 saturated carbocycles. The van der Waals surface area contributed by atoms with E-state index in [4.69, 9.17) is 15.0 Å². The monoisotopic (exact) mass is 1980 g/mol. The molecule has 3 aliphatic carbocycles. The van der Waals surface area contributed by atoms with E-state index in [1.54, 1.807) is 0 Å². The number of ketones is 3. The summed E-state index contributed by atoms with van der Waals surface area (Å²) in [5.41, 5.74) is 26.0. The zero-order chi connectivity index (χ0) is 77.3. The zero-order valence-corrected chi connectivity index (χ0v) is 74.6. The summed E-state index contributed by atoms with van der Waals surface area (Å²) in [6, 6.07) is 61.2. The maximum Gasteiger partial charge on any atom is 0.159 e. The van der Waals surface area contributed by atoms with Crippen molar-refractivity contribution in [3.8, 4) is 67.2 Å². The van der Waals surface area contributed by atoms with E-state index < -0.39 is 0 Å². The fourth-order valence-corrected chi connectivity index (χ4v) is 13.9. The molecule has 0 saturated heterocycles. The second-order valence-corrected chi connectivity index (χ2v) is 32.6. The Labute approximate surface area is 687 Å². The third kappa shape index (κ3) is 25.5. The topological polar surface area (TPSA) is 151 Å². The molecule has 0 amide bonds. The van der Waals surface area contributed by atoms with Crippen molar-refractivity contribution in [1.29, 1.82) is 0 Å². The van der Waals surface area contributed by atoms with Gasteiger partial charge in [0, 0.05) is 157 Å². The first-order chi connectivity index (χ1) is 49.5. The van der Waals surface area contributed by atoms with Gasteiger partial charge in [0.25, 0.3) is 0 Å². The normalized spacial score (nSPS) is 13.4. The summed E-state index contributed by atoms with van der Waals surface area (Å²) in [6.07, 6.45) is 13.4. The van der Waals surface area contributed by atoms with Crippen LogP contribution in [0.4, 0.5) is 0 Å². The van der Waals surface area contributed by atoms with Crippen molar-refractivity contribution < 1.29 is 90.0 Å². The first-order valence-electron chi connectivity index (χ1n) is 37.5. The molecule has 0 bridgehead atoms. The van der Waals surface area contributed by atoms with Gasteiger partial charge in [-0.3, -0.25) is 14.4 Å². The molecule has 12 rings (SSSR count). The number of aliphatic hydroxyl groups excluding tert-OH is 3. The number of aryl methyl sites for hydroxylation is 3. The molecule has 6 aromatic carbocycles. The van der Waals surface area contributed by atoms with Gasteiger partial charge >= 0.3 is 0 Å². The number of aromatic nitrogens is 3. The van der Waals surface area contributed by atoms with Gasteiger partial charge < -0.3 is 30.3 Å². The Balaban J connectivity index is 0.000000278. The van der Waals surface area contributed by atoms with Crippen LogP contribution < -0.4 is 0 Å². The molecule has 0 atom stereocenters. The Morgan fingerprint density at radius 2 is 0.694 bits per heavy atom. The summed E-state index contributed by atoms with van der Waals surface area (Å²) in [5, 5.41) is 28.0. The average molecular weight is 1980 g/mol. The number of carbonyl (C=O) groups excluding carboxylic acids is 3. The number of rotatable bonds is 18. The minimum absolute atomic E-state index is 0. The zero-order valence-electron chi connectivity index (χ0n) is 67.4. The van der Waals surface area contributed by atoms with Crippen LogP contribution in [0.5, 0.6) is 0 Å². The van der Waals surface area contributed by atoms with Crippen LogP contribution in [0.15, 0.2) is 200 Å². The van der Waals surface area contributed by atoms with Crippen LogP contribution in [0.1, 0.15) is 213 Å². The second kappa shape index (κ2) is 42.0. The first-order valence-corrected chi connectivity index (χ1v) is 37.5. The predicted molar refractivity (Wildman–Crippen MR) is 436 cm³/mol. The molecule has 108 heavy (non-hydrogen) atoms. The van der Waals surface area contributed by atoms with E-state index in [1.807, 2.05) is 120 Å². The molecule has 0 aliphatic heterocycles. The molecule has 579 valence electrons. The fraction of sp³-hybridized carbons (Fsp3) is 0.375. The molecule has 3 N–H and O–H groups in total. The Kier molecular flexibility index (Phi) is 36.0. The predicted octanol–water partition coefficient (Wildman–Crippen LogP) is 24.8. The molecule has 9 aromatic rings. The number of carbonyl (C=O) groups is 3. The molecule has 0 spiro atoms. The molecule has 3 aromatic heterocycles. The molecular weight excluding hydrogens is 1870 g/mol. The Morgan fingerprint density at radius 1 is 0.361 bits per heavy atom. The van der Waals surface area contributed by atoms with Crippen LogP contribution in [0.25, 0.3) is 67.2 Å². The molecule has 3 heterocycles. The number of benzene rings is 6. The molecule has 3 radical (unpaired) electrons. The summed E-state index contributed by atoms with van der Waals surface area (Å²) in [7, 11) is 0. The Morgan fingerprint density at radius 3 is 1.09 bits per heavy atom.